The van der Waals surface area contributed by atoms with Crippen molar-refractivity contribution in [2.45, 2.75) is 0 Å². The molecule has 4 N–H and O–H groups in total. The van der Waals surface area contributed by atoms with E-state index in [-0.39, 0.29) is 0 Å². The average molecular weight is 288 g/mol. The van der Waals surface area contributed by atoms with E-state index in [2.05, 4.69) is 0 Å². The second kappa shape index (κ2) is 8.09. The molecule has 0 amide bonds. The molecule has 0 fully saturated rings. The van der Waals surface area contributed by atoms with Gasteiger partial charge in [0.25, 0.3) is 0 Å². The van der Waals surface area contributed by atoms with Gasteiger partial charge >= 0.3 is 10.4 Å². The lowest BCUT2D eigenvalue weighted by Gasteiger charge is -1.95. The Kier molecular flexibility index (Phi) is 8.74. The molecule has 0 heterocycles. The van der Waals surface area contributed by atoms with Crippen molar-refractivity contribution in [3.8, 4) is 0 Å². The Morgan fingerprint density at radius 3 is 1.81 bits per heavy atom. The zero-order valence-electron chi connectivity index (χ0n) is 7.58. The standard InChI is InChI=1S/C6H5Cl2N.N2.H2O4S/c7-4-1-2-5(8)6(9)3-4;1-2;1-5(2,3)4/h1-3H,9H2;;(H2,1,2,3,4). The van der Waals surface area contributed by atoms with Crippen molar-refractivity contribution in [2.24, 2.45) is 0 Å². The highest BCUT2D eigenvalue weighted by molar-refractivity contribution is 7.79. The average Bonchev–Trinajstić information content (AvgIpc) is 2.13. The van der Waals surface area contributed by atoms with Gasteiger partial charge in [-0.1, -0.05) is 23.2 Å². The van der Waals surface area contributed by atoms with E-state index < -0.39 is 10.4 Å². The van der Waals surface area contributed by atoms with Gasteiger partial charge in [-0.05, 0) is 18.2 Å². The smallest absolute Gasteiger partial charge is 0.394 e. The van der Waals surface area contributed by atoms with Crippen molar-refractivity contribution in [1.29, 1.82) is 10.8 Å². The van der Waals surface area contributed by atoms with Gasteiger partial charge in [0, 0.05) is 15.8 Å². The second-order valence-corrected chi connectivity index (χ2v) is 3.85. The molecule has 0 saturated carbocycles. The summed E-state index contributed by atoms with van der Waals surface area (Å²) in [6.45, 7) is 0. The van der Waals surface area contributed by atoms with Gasteiger partial charge < -0.3 is 5.73 Å². The number of nitrogens with zero attached hydrogens (tertiary/aromatic N) is 2. The minimum atomic E-state index is -4.67. The third kappa shape index (κ3) is 12.9. The summed E-state index contributed by atoms with van der Waals surface area (Å²) in [6, 6.07) is 4.98. The quantitative estimate of drug-likeness (QED) is 0.375. The Hall–Kier alpha value is -1.11. The lowest BCUT2D eigenvalue weighted by Crippen LogP contribution is -1.89. The second-order valence-electron chi connectivity index (χ2n) is 2.11. The molecule has 1 rings (SSSR count). The largest absolute Gasteiger partial charge is 0.397 e. The van der Waals surface area contributed by atoms with Gasteiger partial charge in [0.15, 0.2) is 0 Å². The summed E-state index contributed by atoms with van der Waals surface area (Å²) in [5.41, 5.74) is 5.92. The number of anilines is 1. The van der Waals surface area contributed by atoms with Gasteiger partial charge in [-0.25, -0.2) is 0 Å². The first kappa shape index (κ1) is 17.3. The lowest BCUT2D eigenvalue weighted by atomic mass is 10.3. The molecule has 1 aromatic carbocycles. The SMILES string of the molecule is N#N.Nc1cc(Cl)ccc1Cl.O=S(=O)(O)O. The molecule has 0 saturated heterocycles. The topological polar surface area (TPSA) is 148 Å². The monoisotopic (exact) mass is 287 g/mol. The van der Waals surface area contributed by atoms with Gasteiger partial charge in [0.1, 0.15) is 0 Å². The molecule has 7 nitrogen and oxygen atoms in total. The predicted molar refractivity (Wildman–Crippen MR) is 58.5 cm³/mol. The Bertz CT molecular complexity index is 440. The van der Waals surface area contributed by atoms with Gasteiger partial charge in [0.05, 0.1) is 10.7 Å². The first-order valence-corrected chi connectivity index (χ1v) is 5.46. The van der Waals surface area contributed by atoms with E-state index in [0.29, 0.717) is 15.7 Å². The first-order chi connectivity index (χ1) is 7.20. The highest BCUT2D eigenvalue weighted by Crippen LogP contribution is 2.21. The zero-order chi connectivity index (χ0) is 13.4. The van der Waals surface area contributed by atoms with Gasteiger partial charge in [-0.3, -0.25) is 9.11 Å². The van der Waals surface area contributed by atoms with Crippen LogP contribution in [0.15, 0.2) is 18.2 Å². The molecule has 1 aromatic rings. The lowest BCUT2D eigenvalue weighted by molar-refractivity contribution is 0.381. The normalized spacial score (nSPS) is 9.12. The van der Waals surface area contributed by atoms with Crippen molar-refractivity contribution < 1.29 is 17.5 Å². The molecule has 0 aliphatic rings. The fourth-order valence-electron chi connectivity index (χ4n) is 0.515. The van der Waals surface area contributed by atoms with Crippen LogP contribution in [-0.2, 0) is 10.4 Å². The summed E-state index contributed by atoms with van der Waals surface area (Å²) in [4.78, 5) is 0. The highest BCUT2D eigenvalue weighted by atomic mass is 35.5. The van der Waals surface area contributed by atoms with Crippen LogP contribution in [0.25, 0.3) is 0 Å². The molecule has 0 spiro atoms. The van der Waals surface area contributed by atoms with Crippen LogP contribution in [0.4, 0.5) is 5.69 Å². The summed E-state index contributed by atoms with van der Waals surface area (Å²) in [5, 5.41) is 13.1. The molecule has 0 radical (unpaired) electrons. The Morgan fingerprint density at radius 1 is 1.19 bits per heavy atom. The van der Waals surface area contributed by atoms with Crippen LogP contribution in [0, 0.1) is 10.8 Å². The van der Waals surface area contributed by atoms with Gasteiger partial charge in [0.2, 0.25) is 0 Å². The number of rotatable bonds is 0. The summed E-state index contributed by atoms with van der Waals surface area (Å²) >= 11 is 11.2. The summed E-state index contributed by atoms with van der Waals surface area (Å²) in [7, 11) is -4.67. The van der Waals surface area contributed by atoms with E-state index in [0.717, 1.165) is 0 Å². The molecule has 16 heavy (non-hydrogen) atoms. The minimum Gasteiger partial charge on any atom is -0.397 e. The molecular formula is C6H7Cl2N3O4S. The fourth-order valence-corrected chi connectivity index (χ4v) is 0.813. The van der Waals surface area contributed by atoms with Gasteiger partial charge in [-0.2, -0.15) is 8.42 Å². The minimum absolute atomic E-state index is 0.518. The van der Waals surface area contributed by atoms with E-state index in [1.807, 2.05) is 0 Å². The summed E-state index contributed by atoms with van der Waals surface area (Å²) in [6.07, 6.45) is 0. The zero-order valence-corrected chi connectivity index (χ0v) is 9.91. The van der Waals surface area contributed by atoms with Crippen LogP contribution in [0.1, 0.15) is 0 Å². The number of hydrogen-bond donors (Lipinski definition) is 3. The maximum atomic E-state index is 8.74. The van der Waals surface area contributed by atoms with E-state index in [9.17, 15) is 0 Å². The van der Waals surface area contributed by atoms with Crippen LogP contribution < -0.4 is 5.73 Å². The third-order valence-corrected chi connectivity index (χ3v) is 1.54. The molecule has 0 atom stereocenters. The van der Waals surface area contributed by atoms with Crippen LogP contribution in [0.3, 0.4) is 0 Å². The molecule has 10 heteroatoms. The van der Waals surface area contributed by atoms with Crippen molar-refractivity contribution >= 4 is 39.3 Å². The predicted octanol–water partition coefficient (Wildman–Crippen LogP) is 1.95. The summed E-state index contributed by atoms with van der Waals surface area (Å²) < 4.78 is 31.6. The maximum absolute atomic E-state index is 8.74. The van der Waals surface area contributed by atoms with Crippen molar-refractivity contribution in [2.75, 3.05) is 5.73 Å². The number of halogens is 2. The van der Waals surface area contributed by atoms with Crippen LogP contribution in [0.5, 0.6) is 0 Å². The van der Waals surface area contributed by atoms with E-state index in [1.165, 1.54) is 0 Å². The van der Waals surface area contributed by atoms with Crippen molar-refractivity contribution in [1.82, 2.24) is 0 Å². The fraction of sp³-hybridized carbons (Fsp3) is 0. The van der Waals surface area contributed by atoms with Gasteiger partial charge in [-0.15, -0.1) is 0 Å². The van der Waals surface area contributed by atoms with Crippen molar-refractivity contribution in [3.63, 3.8) is 0 Å². The number of benzene rings is 1. The Morgan fingerprint density at radius 2 is 1.56 bits per heavy atom. The Labute approximate surface area is 102 Å². The molecule has 90 valence electrons. The van der Waals surface area contributed by atoms with E-state index in [4.69, 9.17) is 57.2 Å². The molecular weight excluding hydrogens is 281 g/mol. The van der Waals surface area contributed by atoms with Crippen LogP contribution in [0.2, 0.25) is 10.0 Å². The molecule has 0 aliphatic heterocycles. The molecule has 0 unspecified atom stereocenters. The Balaban J connectivity index is 0. The number of nitrogens with two attached hydrogens (primary N) is 1. The number of nitrogen functional groups attached to an aromatic ring is 1. The first-order valence-electron chi connectivity index (χ1n) is 3.30. The maximum Gasteiger partial charge on any atom is 0.394 e. The summed E-state index contributed by atoms with van der Waals surface area (Å²) in [5.74, 6) is 0. The molecule has 0 aliphatic carbocycles. The third-order valence-electron chi connectivity index (χ3n) is 0.958. The van der Waals surface area contributed by atoms with Crippen molar-refractivity contribution in [3.05, 3.63) is 28.2 Å². The molecule has 0 bridgehead atoms. The molecule has 0 aromatic heterocycles. The van der Waals surface area contributed by atoms with E-state index >= 15 is 0 Å². The van der Waals surface area contributed by atoms with Crippen LogP contribution >= 0.6 is 23.2 Å². The van der Waals surface area contributed by atoms with E-state index in [1.54, 1.807) is 18.2 Å². The number of hydrogen-bond acceptors (Lipinski definition) is 5. The highest BCUT2D eigenvalue weighted by Gasteiger charge is 1.93. The van der Waals surface area contributed by atoms with Crippen LogP contribution in [-0.4, -0.2) is 17.5 Å².